The highest BCUT2D eigenvalue weighted by Gasteiger charge is 2.24. The van der Waals surface area contributed by atoms with E-state index in [-0.39, 0.29) is 17.7 Å². The summed E-state index contributed by atoms with van der Waals surface area (Å²) in [5, 5.41) is 0. The number of piperidine rings is 1. The Hall–Kier alpha value is -2.37. The molecule has 1 aliphatic rings. The topological polar surface area (TPSA) is 85.5 Å². The zero-order chi connectivity index (χ0) is 16.1. The van der Waals surface area contributed by atoms with Crippen molar-refractivity contribution in [1.29, 1.82) is 0 Å². The lowest BCUT2D eigenvalue weighted by Gasteiger charge is -2.32. The SMILES string of the molecule is CC(C)=CC(=O)N1CCCC(Oc2ccnc(C(N)=O)c2)C1. The van der Waals surface area contributed by atoms with Crippen molar-refractivity contribution in [2.75, 3.05) is 13.1 Å². The maximum absolute atomic E-state index is 12.1. The van der Waals surface area contributed by atoms with E-state index in [0.717, 1.165) is 25.0 Å². The molecule has 0 radical (unpaired) electrons. The third kappa shape index (κ3) is 4.31. The van der Waals surface area contributed by atoms with E-state index in [1.165, 1.54) is 12.3 Å². The summed E-state index contributed by atoms with van der Waals surface area (Å²) in [7, 11) is 0. The van der Waals surface area contributed by atoms with Gasteiger partial charge in [-0.1, -0.05) is 5.57 Å². The first-order valence-electron chi connectivity index (χ1n) is 7.32. The van der Waals surface area contributed by atoms with Gasteiger partial charge >= 0.3 is 0 Å². The van der Waals surface area contributed by atoms with Gasteiger partial charge in [-0.3, -0.25) is 14.6 Å². The molecule has 1 aromatic rings. The summed E-state index contributed by atoms with van der Waals surface area (Å²) in [5.41, 5.74) is 6.36. The van der Waals surface area contributed by atoms with Crippen molar-refractivity contribution in [3.8, 4) is 5.75 Å². The number of allylic oxidation sites excluding steroid dienone is 1. The highest BCUT2D eigenvalue weighted by atomic mass is 16.5. The molecule has 2 heterocycles. The average molecular weight is 303 g/mol. The monoisotopic (exact) mass is 303 g/mol. The van der Waals surface area contributed by atoms with Gasteiger partial charge in [0.25, 0.3) is 5.91 Å². The fourth-order valence-corrected chi connectivity index (χ4v) is 2.38. The summed E-state index contributed by atoms with van der Waals surface area (Å²) >= 11 is 0. The molecular weight excluding hydrogens is 282 g/mol. The van der Waals surface area contributed by atoms with Gasteiger partial charge < -0.3 is 15.4 Å². The van der Waals surface area contributed by atoms with Crippen molar-refractivity contribution >= 4 is 11.8 Å². The van der Waals surface area contributed by atoms with Gasteiger partial charge in [0.2, 0.25) is 5.91 Å². The predicted octanol–water partition coefficient (Wildman–Crippen LogP) is 1.52. The second-order valence-electron chi connectivity index (χ2n) is 5.63. The lowest BCUT2D eigenvalue weighted by Crippen LogP contribution is -2.43. The number of aromatic nitrogens is 1. The summed E-state index contributed by atoms with van der Waals surface area (Å²) < 4.78 is 5.87. The quantitative estimate of drug-likeness (QED) is 0.854. The number of pyridine rings is 1. The highest BCUT2D eigenvalue weighted by molar-refractivity contribution is 5.91. The molecule has 0 saturated carbocycles. The standard InChI is InChI=1S/C16H21N3O3/c1-11(2)8-15(20)19-7-3-4-13(10-19)22-12-5-6-18-14(9-12)16(17)21/h5-6,8-9,13H,3-4,7,10H2,1-2H3,(H2,17,21). The van der Waals surface area contributed by atoms with Crippen LogP contribution in [0.1, 0.15) is 37.2 Å². The second-order valence-corrected chi connectivity index (χ2v) is 5.63. The van der Waals surface area contributed by atoms with Crippen molar-refractivity contribution in [1.82, 2.24) is 9.88 Å². The maximum Gasteiger partial charge on any atom is 0.267 e. The molecule has 1 fully saturated rings. The average Bonchev–Trinajstić information content (AvgIpc) is 2.47. The van der Waals surface area contributed by atoms with E-state index in [2.05, 4.69) is 4.98 Å². The molecule has 1 unspecified atom stereocenters. The molecule has 22 heavy (non-hydrogen) atoms. The third-order valence-electron chi connectivity index (χ3n) is 3.39. The van der Waals surface area contributed by atoms with Gasteiger partial charge in [-0.25, -0.2) is 0 Å². The highest BCUT2D eigenvalue weighted by Crippen LogP contribution is 2.19. The molecule has 1 atom stereocenters. The largest absolute Gasteiger partial charge is 0.488 e. The number of nitrogens with zero attached hydrogens (tertiary/aromatic N) is 2. The Morgan fingerprint density at radius 2 is 2.23 bits per heavy atom. The Morgan fingerprint density at radius 1 is 1.45 bits per heavy atom. The van der Waals surface area contributed by atoms with E-state index in [4.69, 9.17) is 10.5 Å². The molecule has 1 aromatic heterocycles. The number of rotatable bonds is 4. The predicted molar refractivity (Wildman–Crippen MR) is 82.4 cm³/mol. The van der Waals surface area contributed by atoms with Gasteiger partial charge in [-0.05, 0) is 32.8 Å². The smallest absolute Gasteiger partial charge is 0.267 e. The molecule has 0 spiro atoms. The minimum absolute atomic E-state index is 0.0147. The van der Waals surface area contributed by atoms with Gasteiger partial charge in [0.1, 0.15) is 17.5 Å². The van der Waals surface area contributed by atoms with Crippen molar-refractivity contribution in [3.63, 3.8) is 0 Å². The number of hydrogen-bond acceptors (Lipinski definition) is 4. The number of likely N-dealkylation sites (tertiary alicyclic amines) is 1. The fraction of sp³-hybridized carbons (Fsp3) is 0.438. The Balaban J connectivity index is 2.01. The number of nitrogens with two attached hydrogens (primary N) is 1. The van der Waals surface area contributed by atoms with Crippen LogP contribution in [0.4, 0.5) is 0 Å². The van der Waals surface area contributed by atoms with Crippen molar-refractivity contribution in [3.05, 3.63) is 35.7 Å². The minimum Gasteiger partial charge on any atom is -0.488 e. The number of hydrogen-bond donors (Lipinski definition) is 1. The minimum atomic E-state index is -0.588. The van der Waals surface area contributed by atoms with E-state index < -0.39 is 5.91 Å². The second kappa shape index (κ2) is 7.06. The lowest BCUT2D eigenvalue weighted by atomic mass is 10.1. The number of amides is 2. The number of carbonyl (C=O) groups is 2. The Bertz CT molecular complexity index is 594. The molecule has 6 heteroatoms. The molecule has 118 valence electrons. The van der Waals surface area contributed by atoms with Crippen molar-refractivity contribution in [2.24, 2.45) is 5.73 Å². The fourth-order valence-electron chi connectivity index (χ4n) is 2.38. The van der Waals surface area contributed by atoms with Gasteiger partial charge in [-0.2, -0.15) is 0 Å². The Labute approximate surface area is 130 Å². The van der Waals surface area contributed by atoms with Crippen LogP contribution in [0, 0.1) is 0 Å². The van der Waals surface area contributed by atoms with Crippen LogP contribution >= 0.6 is 0 Å². The van der Waals surface area contributed by atoms with Gasteiger partial charge in [0.05, 0.1) is 6.54 Å². The summed E-state index contributed by atoms with van der Waals surface area (Å²) in [6.07, 6.45) is 4.80. The first kappa shape index (κ1) is 16.0. The molecule has 0 aliphatic carbocycles. The Morgan fingerprint density at radius 3 is 2.91 bits per heavy atom. The first-order valence-corrected chi connectivity index (χ1v) is 7.32. The lowest BCUT2D eigenvalue weighted by molar-refractivity contribution is -0.128. The van der Waals surface area contributed by atoms with Crippen LogP contribution in [0.3, 0.4) is 0 Å². The number of ether oxygens (including phenoxy) is 1. The van der Waals surface area contributed by atoms with Crippen LogP contribution in [0.25, 0.3) is 0 Å². The molecule has 1 saturated heterocycles. The first-order chi connectivity index (χ1) is 10.5. The zero-order valence-electron chi connectivity index (χ0n) is 12.9. The summed E-state index contributed by atoms with van der Waals surface area (Å²) in [6.45, 7) is 5.08. The summed E-state index contributed by atoms with van der Waals surface area (Å²) in [6, 6.07) is 3.21. The van der Waals surface area contributed by atoms with Crippen LogP contribution in [0.15, 0.2) is 30.0 Å². The summed E-state index contributed by atoms with van der Waals surface area (Å²) in [4.78, 5) is 28.9. The number of carbonyl (C=O) groups excluding carboxylic acids is 2. The normalized spacial score (nSPS) is 17.7. The number of primary amides is 1. The Kier molecular flexibility index (Phi) is 5.14. The van der Waals surface area contributed by atoms with Crippen LogP contribution in [-0.4, -0.2) is 40.9 Å². The molecule has 1 aliphatic heterocycles. The van der Waals surface area contributed by atoms with Crippen LogP contribution in [-0.2, 0) is 4.79 Å². The molecular formula is C16H21N3O3. The van der Waals surface area contributed by atoms with Crippen LogP contribution in [0.5, 0.6) is 5.75 Å². The van der Waals surface area contributed by atoms with Crippen molar-refractivity contribution < 1.29 is 14.3 Å². The zero-order valence-corrected chi connectivity index (χ0v) is 12.9. The summed E-state index contributed by atoms with van der Waals surface area (Å²) in [5.74, 6) is -0.0272. The van der Waals surface area contributed by atoms with Gasteiger partial charge in [0, 0.05) is 24.9 Å². The molecule has 0 bridgehead atoms. The maximum atomic E-state index is 12.1. The van der Waals surface area contributed by atoms with E-state index in [1.54, 1.807) is 17.0 Å². The molecule has 2 N–H and O–H groups in total. The van der Waals surface area contributed by atoms with Crippen LogP contribution in [0.2, 0.25) is 0 Å². The van der Waals surface area contributed by atoms with E-state index in [1.807, 2.05) is 13.8 Å². The van der Waals surface area contributed by atoms with Crippen molar-refractivity contribution in [2.45, 2.75) is 32.8 Å². The van der Waals surface area contributed by atoms with E-state index in [0.29, 0.717) is 12.3 Å². The molecule has 2 rings (SSSR count). The third-order valence-corrected chi connectivity index (χ3v) is 3.39. The molecule has 6 nitrogen and oxygen atoms in total. The van der Waals surface area contributed by atoms with E-state index >= 15 is 0 Å². The van der Waals surface area contributed by atoms with Gasteiger partial charge in [-0.15, -0.1) is 0 Å². The van der Waals surface area contributed by atoms with E-state index in [9.17, 15) is 9.59 Å². The van der Waals surface area contributed by atoms with Crippen LogP contribution < -0.4 is 10.5 Å². The molecule has 2 amide bonds. The van der Waals surface area contributed by atoms with Gasteiger partial charge in [0.15, 0.2) is 0 Å². The molecule has 0 aromatic carbocycles.